The summed E-state index contributed by atoms with van der Waals surface area (Å²) in [4.78, 5) is 26.5. The van der Waals surface area contributed by atoms with E-state index in [1.807, 2.05) is 6.92 Å². The molecule has 0 N–H and O–H groups in total. The SMILES string of the molecule is COC12OC(C)(C)C(=O)C=C1[C@@]1(C)C(=O)CCC(C)(C)[C@H]1C[C@H]2O[Si](C)(C)C(C)(C)C. The van der Waals surface area contributed by atoms with Crippen LogP contribution in [0, 0.1) is 16.7 Å². The Morgan fingerprint density at radius 3 is 2.19 bits per heavy atom. The highest BCUT2D eigenvalue weighted by atomic mass is 28.4. The zero-order valence-electron chi connectivity index (χ0n) is 21.4. The maximum atomic E-state index is 13.5. The summed E-state index contributed by atoms with van der Waals surface area (Å²) in [5.74, 6) is -1.16. The molecule has 2 fully saturated rings. The van der Waals surface area contributed by atoms with Crippen LogP contribution in [0.5, 0.6) is 0 Å². The van der Waals surface area contributed by atoms with Crippen LogP contribution in [0.3, 0.4) is 0 Å². The molecule has 4 atom stereocenters. The van der Waals surface area contributed by atoms with Gasteiger partial charge in [-0.1, -0.05) is 34.6 Å². The summed E-state index contributed by atoms with van der Waals surface area (Å²) in [5.41, 5.74) is -1.26. The van der Waals surface area contributed by atoms with Crippen LogP contribution in [0.15, 0.2) is 11.6 Å². The molecule has 31 heavy (non-hydrogen) atoms. The minimum absolute atomic E-state index is 0.00443. The Morgan fingerprint density at radius 2 is 1.68 bits per heavy atom. The largest absolute Gasteiger partial charge is 0.408 e. The average Bonchev–Trinajstić information content (AvgIpc) is 2.61. The van der Waals surface area contributed by atoms with Crippen molar-refractivity contribution in [2.24, 2.45) is 16.7 Å². The van der Waals surface area contributed by atoms with Crippen LogP contribution in [0.25, 0.3) is 0 Å². The van der Waals surface area contributed by atoms with Crippen LogP contribution in [-0.4, -0.2) is 44.5 Å². The van der Waals surface area contributed by atoms with Crippen molar-refractivity contribution in [1.82, 2.24) is 0 Å². The molecule has 0 radical (unpaired) electrons. The Balaban J connectivity index is 2.26. The van der Waals surface area contributed by atoms with E-state index in [9.17, 15) is 9.59 Å². The van der Waals surface area contributed by atoms with Crippen molar-refractivity contribution in [3.63, 3.8) is 0 Å². The van der Waals surface area contributed by atoms with Gasteiger partial charge in [0, 0.05) is 19.1 Å². The summed E-state index contributed by atoms with van der Waals surface area (Å²) in [6.45, 7) is 21.1. The van der Waals surface area contributed by atoms with Gasteiger partial charge in [0.2, 0.25) is 5.79 Å². The topological polar surface area (TPSA) is 61.8 Å². The van der Waals surface area contributed by atoms with Gasteiger partial charge in [0.25, 0.3) is 0 Å². The normalized spacial score (nSPS) is 37.7. The monoisotopic (exact) mass is 450 g/mol. The molecular weight excluding hydrogens is 408 g/mol. The van der Waals surface area contributed by atoms with Gasteiger partial charge in [0.05, 0.1) is 5.41 Å². The molecular formula is C25H42O5Si. The van der Waals surface area contributed by atoms with Crippen LogP contribution >= 0.6 is 0 Å². The number of hydrogen-bond acceptors (Lipinski definition) is 5. The molecule has 0 amide bonds. The molecule has 1 unspecified atom stereocenters. The van der Waals surface area contributed by atoms with Gasteiger partial charge in [-0.05, 0) is 69.2 Å². The van der Waals surface area contributed by atoms with Crippen molar-refractivity contribution < 1.29 is 23.5 Å². The Bertz CT molecular complexity index is 818. The van der Waals surface area contributed by atoms with Gasteiger partial charge < -0.3 is 13.9 Å². The standard InChI is InChI=1S/C25H42O5Si/c1-21(2,3)31(10,11)29-20-15-16-22(4,5)13-12-18(26)24(16,8)17-14-19(27)23(6,7)30-25(17,20)28-9/h14,16,20H,12-13,15H2,1-11H3/t16-,20-,24+,25?/m1/s1. The second-order valence-electron chi connectivity index (χ2n) is 12.7. The fourth-order valence-electron chi connectivity index (χ4n) is 5.69. The molecule has 0 saturated heterocycles. The molecule has 176 valence electrons. The maximum Gasteiger partial charge on any atom is 0.218 e. The van der Waals surface area contributed by atoms with E-state index in [1.54, 1.807) is 27.0 Å². The lowest BCUT2D eigenvalue weighted by molar-refractivity contribution is -0.306. The van der Waals surface area contributed by atoms with E-state index in [2.05, 4.69) is 47.7 Å². The van der Waals surface area contributed by atoms with Gasteiger partial charge in [-0.25, -0.2) is 0 Å². The summed E-state index contributed by atoms with van der Waals surface area (Å²) < 4.78 is 19.7. The van der Waals surface area contributed by atoms with Crippen molar-refractivity contribution in [2.45, 2.75) is 110 Å². The number of methoxy groups -OCH3 is 1. The molecule has 5 nitrogen and oxygen atoms in total. The lowest BCUT2D eigenvalue weighted by Crippen LogP contribution is -2.70. The Kier molecular flexibility index (Phi) is 5.67. The number of ether oxygens (including phenoxy) is 2. The molecule has 0 aromatic carbocycles. The van der Waals surface area contributed by atoms with Gasteiger partial charge in [0.1, 0.15) is 17.5 Å². The Morgan fingerprint density at radius 1 is 1.10 bits per heavy atom. The first kappa shape index (κ1) is 24.8. The van der Waals surface area contributed by atoms with Crippen LogP contribution in [0.2, 0.25) is 18.1 Å². The molecule has 3 rings (SSSR count). The van der Waals surface area contributed by atoms with Gasteiger partial charge in [-0.2, -0.15) is 0 Å². The fourth-order valence-corrected chi connectivity index (χ4v) is 7.01. The minimum Gasteiger partial charge on any atom is -0.408 e. The first-order valence-corrected chi connectivity index (χ1v) is 14.5. The molecule has 3 aliphatic rings. The third-order valence-corrected chi connectivity index (χ3v) is 13.3. The predicted molar refractivity (Wildman–Crippen MR) is 124 cm³/mol. The Labute approximate surface area is 189 Å². The number of carbonyl (C=O) groups excluding carboxylic acids is 2. The second-order valence-corrected chi connectivity index (χ2v) is 17.4. The molecule has 0 aromatic rings. The summed E-state index contributed by atoms with van der Waals surface area (Å²) in [7, 11) is -0.582. The molecule has 1 heterocycles. The van der Waals surface area contributed by atoms with Crippen molar-refractivity contribution in [3.05, 3.63) is 11.6 Å². The zero-order valence-corrected chi connectivity index (χ0v) is 22.4. The van der Waals surface area contributed by atoms with E-state index in [0.717, 1.165) is 6.42 Å². The maximum absolute atomic E-state index is 13.5. The van der Waals surface area contributed by atoms with Crippen molar-refractivity contribution in [3.8, 4) is 0 Å². The average molecular weight is 451 g/mol. The van der Waals surface area contributed by atoms with E-state index in [1.165, 1.54) is 0 Å². The zero-order chi connectivity index (χ0) is 23.8. The number of hydrogen-bond donors (Lipinski definition) is 0. The van der Waals surface area contributed by atoms with Crippen LogP contribution in [0.4, 0.5) is 0 Å². The van der Waals surface area contributed by atoms with E-state index < -0.39 is 25.1 Å². The molecule has 0 aromatic heterocycles. The highest BCUT2D eigenvalue weighted by Gasteiger charge is 2.68. The third-order valence-electron chi connectivity index (χ3n) is 8.85. The van der Waals surface area contributed by atoms with Gasteiger partial charge >= 0.3 is 0 Å². The number of Topliss-reactive ketones (excluding diaryl/α,β-unsaturated/α-hetero) is 1. The first-order chi connectivity index (χ1) is 13.8. The van der Waals surface area contributed by atoms with E-state index in [4.69, 9.17) is 13.9 Å². The van der Waals surface area contributed by atoms with Crippen molar-refractivity contribution in [2.75, 3.05) is 7.11 Å². The smallest absolute Gasteiger partial charge is 0.218 e. The van der Waals surface area contributed by atoms with E-state index in [-0.39, 0.29) is 34.0 Å². The molecule has 0 spiro atoms. The van der Waals surface area contributed by atoms with Crippen LogP contribution in [-0.2, 0) is 23.5 Å². The number of ketones is 2. The minimum atomic E-state index is -2.20. The number of fused-ring (bicyclic) bond motifs is 3. The molecule has 0 bridgehead atoms. The summed E-state index contributed by atoms with van der Waals surface area (Å²) in [5, 5.41) is 0.00443. The van der Waals surface area contributed by atoms with Crippen LogP contribution in [0.1, 0.15) is 74.7 Å². The summed E-state index contributed by atoms with van der Waals surface area (Å²) in [6.07, 6.45) is 3.27. The highest BCUT2D eigenvalue weighted by Crippen LogP contribution is 2.63. The van der Waals surface area contributed by atoms with Gasteiger partial charge in [-0.15, -0.1) is 0 Å². The van der Waals surface area contributed by atoms with Gasteiger partial charge in [0.15, 0.2) is 14.1 Å². The lowest BCUT2D eigenvalue weighted by atomic mass is 9.47. The third kappa shape index (κ3) is 3.53. The lowest BCUT2D eigenvalue weighted by Gasteiger charge is -2.63. The molecule has 2 aliphatic carbocycles. The summed E-state index contributed by atoms with van der Waals surface area (Å²) >= 11 is 0. The van der Waals surface area contributed by atoms with E-state index >= 15 is 0 Å². The first-order valence-electron chi connectivity index (χ1n) is 11.6. The predicted octanol–water partition coefficient (Wildman–Crippen LogP) is 5.44. The molecule has 1 aliphatic heterocycles. The number of rotatable bonds is 3. The summed E-state index contributed by atoms with van der Waals surface area (Å²) in [6, 6.07) is 0. The van der Waals surface area contributed by atoms with E-state index in [0.29, 0.717) is 18.4 Å². The van der Waals surface area contributed by atoms with Crippen LogP contribution < -0.4 is 0 Å². The second kappa shape index (κ2) is 7.09. The van der Waals surface area contributed by atoms with Crippen molar-refractivity contribution in [1.29, 1.82) is 0 Å². The highest BCUT2D eigenvalue weighted by molar-refractivity contribution is 6.74. The van der Waals surface area contributed by atoms with Crippen molar-refractivity contribution >= 4 is 19.9 Å². The Hall–Kier alpha value is -0.823. The fraction of sp³-hybridized carbons (Fsp3) is 0.840. The number of carbonyl (C=O) groups is 2. The molecule has 2 saturated carbocycles. The molecule has 6 heteroatoms. The van der Waals surface area contributed by atoms with Gasteiger partial charge in [-0.3, -0.25) is 9.59 Å². The quantitative estimate of drug-likeness (QED) is 0.536.